The van der Waals surface area contributed by atoms with E-state index in [-0.39, 0.29) is 11.1 Å². The summed E-state index contributed by atoms with van der Waals surface area (Å²) in [6.45, 7) is 2.09. The highest BCUT2D eigenvalue weighted by Crippen LogP contribution is 2.32. The molecular weight excluding hydrogens is 443 g/mol. The summed E-state index contributed by atoms with van der Waals surface area (Å²) >= 11 is 0. The maximum atomic E-state index is 14.9. The lowest BCUT2D eigenvalue weighted by Gasteiger charge is -2.11. The van der Waals surface area contributed by atoms with Gasteiger partial charge < -0.3 is 0 Å². The van der Waals surface area contributed by atoms with Crippen LogP contribution in [0.15, 0.2) is 72.8 Å². The monoisotopic (exact) mass is 466 g/mol. The highest BCUT2D eigenvalue weighted by molar-refractivity contribution is 5.72. The van der Waals surface area contributed by atoms with E-state index in [1.54, 1.807) is 48.5 Å². The van der Waals surface area contributed by atoms with Gasteiger partial charge in [-0.05, 0) is 59.2 Å². The Morgan fingerprint density at radius 3 is 1.32 bits per heavy atom. The second kappa shape index (κ2) is 10.2. The lowest BCUT2D eigenvalue weighted by Crippen LogP contribution is -1.97. The van der Waals surface area contributed by atoms with Gasteiger partial charge in [-0.1, -0.05) is 74.0 Å². The number of benzene rings is 4. The molecule has 174 valence electrons. The Kier molecular flexibility index (Phi) is 7.11. The number of hydrogen-bond acceptors (Lipinski definition) is 0. The Morgan fingerprint density at radius 2 is 0.882 bits per heavy atom. The summed E-state index contributed by atoms with van der Waals surface area (Å²) in [5.41, 5.74) is 3.83. The molecule has 0 spiro atoms. The number of halogens is 5. The summed E-state index contributed by atoms with van der Waals surface area (Å²) in [6.07, 6.45) is 2.71. The van der Waals surface area contributed by atoms with E-state index in [1.807, 2.05) is 12.1 Å². The van der Waals surface area contributed by atoms with Crippen molar-refractivity contribution in [3.05, 3.63) is 119 Å². The van der Waals surface area contributed by atoms with Crippen molar-refractivity contribution in [1.82, 2.24) is 0 Å². The fourth-order valence-corrected chi connectivity index (χ4v) is 4.03. The van der Waals surface area contributed by atoms with Crippen molar-refractivity contribution < 1.29 is 22.0 Å². The van der Waals surface area contributed by atoms with E-state index in [0.29, 0.717) is 29.5 Å². The molecule has 0 fully saturated rings. The topological polar surface area (TPSA) is 0 Å². The van der Waals surface area contributed by atoms with Gasteiger partial charge in [0.2, 0.25) is 0 Å². The molecule has 0 aliphatic heterocycles. The smallest absolute Gasteiger partial charge is 0.194 e. The van der Waals surface area contributed by atoms with Crippen LogP contribution in [0.25, 0.3) is 22.3 Å². The van der Waals surface area contributed by atoms with Crippen LogP contribution < -0.4 is 0 Å². The minimum atomic E-state index is -1.48. The zero-order valence-electron chi connectivity index (χ0n) is 18.6. The van der Waals surface area contributed by atoms with Crippen LogP contribution in [0.2, 0.25) is 0 Å². The molecule has 0 aromatic heterocycles. The number of aryl methyl sites for hydroxylation is 3. The molecule has 0 saturated carbocycles. The van der Waals surface area contributed by atoms with Gasteiger partial charge in [0, 0.05) is 11.1 Å². The lowest BCUT2D eigenvalue weighted by atomic mass is 9.96. The van der Waals surface area contributed by atoms with Crippen molar-refractivity contribution in [2.24, 2.45) is 0 Å². The van der Waals surface area contributed by atoms with Crippen LogP contribution in [0.5, 0.6) is 0 Å². The van der Waals surface area contributed by atoms with E-state index >= 15 is 0 Å². The van der Waals surface area contributed by atoms with Crippen LogP contribution in [0.4, 0.5) is 22.0 Å². The predicted octanol–water partition coefficient (Wildman–Crippen LogP) is 8.45. The van der Waals surface area contributed by atoms with Crippen molar-refractivity contribution >= 4 is 0 Å². The van der Waals surface area contributed by atoms with Gasteiger partial charge in [-0.15, -0.1) is 0 Å². The van der Waals surface area contributed by atoms with E-state index in [9.17, 15) is 22.0 Å². The zero-order chi connectivity index (χ0) is 24.2. The average Bonchev–Trinajstić information content (AvgIpc) is 2.84. The Labute approximate surface area is 195 Å². The summed E-state index contributed by atoms with van der Waals surface area (Å²) in [6, 6.07) is 19.4. The highest BCUT2D eigenvalue weighted by Gasteiger charge is 2.16. The van der Waals surface area contributed by atoms with Gasteiger partial charge in [0.15, 0.2) is 29.1 Å². The van der Waals surface area contributed by atoms with Crippen LogP contribution in [-0.4, -0.2) is 0 Å². The minimum absolute atomic E-state index is 0.151. The average molecular weight is 466 g/mol. The molecule has 0 unspecified atom stereocenters. The lowest BCUT2D eigenvalue weighted by molar-refractivity contribution is 0.445. The third-order valence-electron chi connectivity index (χ3n) is 5.90. The molecule has 0 N–H and O–H groups in total. The van der Waals surface area contributed by atoms with Gasteiger partial charge in [-0.3, -0.25) is 0 Å². The van der Waals surface area contributed by atoms with E-state index in [4.69, 9.17) is 0 Å². The van der Waals surface area contributed by atoms with E-state index in [0.717, 1.165) is 36.1 Å². The second-order valence-electron chi connectivity index (χ2n) is 8.31. The van der Waals surface area contributed by atoms with Crippen LogP contribution in [0.1, 0.15) is 30.0 Å². The number of rotatable bonds is 7. The molecule has 0 nitrogen and oxygen atoms in total. The Balaban J connectivity index is 1.50. The van der Waals surface area contributed by atoms with Crippen molar-refractivity contribution in [3.8, 4) is 22.3 Å². The van der Waals surface area contributed by atoms with E-state index in [2.05, 4.69) is 6.92 Å². The summed E-state index contributed by atoms with van der Waals surface area (Å²) in [5, 5.41) is 0. The van der Waals surface area contributed by atoms with Gasteiger partial charge in [-0.2, -0.15) is 0 Å². The molecule has 34 heavy (non-hydrogen) atoms. The molecule has 4 aromatic rings. The van der Waals surface area contributed by atoms with Crippen molar-refractivity contribution in [2.45, 2.75) is 32.6 Å². The molecule has 0 atom stereocenters. The fraction of sp³-hybridized carbons (Fsp3) is 0.172. The van der Waals surface area contributed by atoms with Crippen LogP contribution >= 0.6 is 0 Å². The molecular formula is C29H23F5. The van der Waals surface area contributed by atoms with Crippen LogP contribution in [-0.2, 0) is 19.3 Å². The SMILES string of the molecule is CCCc1ccc(-c2ccc(-c3ccc(CCc4cc(F)c(F)c(F)c4)cc3)c(F)c2F)cc1. The maximum absolute atomic E-state index is 14.9. The summed E-state index contributed by atoms with van der Waals surface area (Å²) in [5.74, 6) is -5.74. The quantitative estimate of drug-likeness (QED) is 0.189. The molecule has 0 heterocycles. The zero-order valence-corrected chi connectivity index (χ0v) is 18.6. The standard InChI is InChI=1S/C29H23F5/c1-2-3-18-6-10-21(11-7-18)23-14-15-24(28(33)27(23)32)22-12-8-19(9-13-22)4-5-20-16-25(30)29(34)26(31)17-20/h6-17H,2-5H2,1H3. The first-order valence-corrected chi connectivity index (χ1v) is 11.2. The number of hydrogen-bond donors (Lipinski definition) is 0. The molecule has 4 aromatic carbocycles. The Morgan fingerprint density at radius 1 is 0.471 bits per heavy atom. The molecule has 0 aliphatic carbocycles. The van der Waals surface area contributed by atoms with Gasteiger partial charge in [0.1, 0.15) is 0 Å². The first-order chi connectivity index (χ1) is 16.4. The first-order valence-electron chi connectivity index (χ1n) is 11.2. The van der Waals surface area contributed by atoms with Crippen molar-refractivity contribution in [1.29, 1.82) is 0 Å². The molecule has 0 amide bonds. The van der Waals surface area contributed by atoms with Crippen molar-refractivity contribution in [3.63, 3.8) is 0 Å². The first kappa shape index (κ1) is 23.7. The summed E-state index contributed by atoms with van der Waals surface area (Å²) < 4.78 is 69.7. The largest absolute Gasteiger partial charge is 0.204 e. The Hall–Kier alpha value is -3.47. The van der Waals surface area contributed by atoms with Gasteiger partial charge in [0.25, 0.3) is 0 Å². The second-order valence-corrected chi connectivity index (χ2v) is 8.31. The minimum Gasteiger partial charge on any atom is -0.204 e. The van der Waals surface area contributed by atoms with Crippen LogP contribution in [0.3, 0.4) is 0 Å². The predicted molar refractivity (Wildman–Crippen MR) is 125 cm³/mol. The van der Waals surface area contributed by atoms with Crippen molar-refractivity contribution in [2.75, 3.05) is 0 Å². The molecule has 4 rings (SSSR count). The highest BCUT2D eigenvalue weighted by atomic mass is 19.2. The van der Waals surface area contributed by atoms with Gasteiger partial charge in [-0.25, -0.2) is 22.0 Å². The third-order valence-corrected chi connectivity index (χ3v) is 5.90. The van der Waals surface area contributed by atoms with E-state index in [1.165, 1.54) is 0 Å². The molecule has 0 bridgehead atoms. The molecule has 5 heteroatoms. The summed E-state index contributed by atoms with van der Waals surface area (Å²) in [7, 11) is 0. The third kappa shape index (κ3) is 5.04. The molecule has 0 saturated heterocycles. The Bertz CT molecular complexity index is 1270. The van der Waals surface area contributed by atoms with E-state index < -0.39 is 29.1 Å². The van der Waals surface area contributed by atoms with Gasteiger partial charge >= 0.3 is 0 Å². The van der Waals surface area contributed by atoms with Crippen LogP contribution in [0, 0.1) is 29.1 Å². The molecule has 0 radical (unpaired) electrons. The maximum Gasteiger partial charge on any atom is 0.194 e. The van der Waals surface area contributed by atoms with Gasteiger partial charge in [0.05, 0.1) is 0 Å². The summed E-state index contributed by atoms with van der Waals surface area (Å²) in [4.78, 5) is 0. The normalized spacial score (nSPS) is 11.1. The molecule has 0 aliphatic rings. The fourth-order valence-electron chi connectivity index (χ4n) is 4.03.